The van der Waals surface area contributed by atoms with Gasteiger partial charge in [0.05, 0.1) is 25.0 Å². The second kappa shape index (κ2) is 9.88. The van der Waals surface area contributed by atoms with E-state index in [1.807, 2.05) is 30.3 Å². The molecule has 2 aromatic carbocycles. The van der Waals surface area contributed by atoms with Gasteiger partial charge in [0.1, 0.15) is 4.90 Å². The molecule has 1 unspecified atom stereocenters. The Kier molecular flexibility index (Phi) is 7.19. The number of nitrogens with zero attached hydrogens (tertiary/aromatic N) is 1. The van der Waals surface area contributed by atoms with Gasteiger partial charge in [0.15, 0.2) is 0 Å². The van der Waals surface area contributed by atoms with Crippen LogP contribution in [0.15, 0.2) is 53.4 Å². The van der Waals surface area contributed by atoms with Crippen LogP contribution in [0.3, 0.4) is 0 Å². The molecule has 0 amide bonds. The third kappa shape index (κ3) is 5.59. The highest BCUT2D eigenvalue weighted by Crippen LogP contribution is 2.41. The fraction of sp³-hybridized carbons (Fsp3) is 0.478. The number of benzene rings is 2. The van der Waals surface area contributed by atoms with Crippen molar-refractivity contribution in [2.24, 2.45) is 11.8 Å². The van der Waals surface area contributed by atoms with E-state index in [1.165, 1.54) is 25.3 Å². The van der Waals surface area contributed by atoms with Crippen LogP contribution in [-0.4, -0.2) is 45.9 Å². The fourth-order valence-electron chi connectivity index (χ4n) is 4.11. The van der Waals surface area contributed by atoms with Crippen molar-refractivity contribution in [1.82, 2.24) is 4.72 Å². The molecule has 8 heteroatoms. The average molecular weight is 465 g/mol. The van der Waals surface area contributed by atoms with Crippen LogP contribution in [0.5, 0.6) is 0 Å². The maximum absolute atomic E-state index is 13.0. The summed E-state index contributed by atoms with van der Waals surface area (Å²) in [7, 11) is -3.83. The molecule has 2 N–H and O–H groups in total. The second-order valence-electron chi connectivity index (χ2n) is 8.47. The van der Waals surface area contributed by atoms with E-state index in [4.69, 9.17) is 16.3 Å². The number of aliphatic hydroxyl groups excluding tert-OH is 1. The molecule has 2 fully saturated rings. The van der Waals surface area contributed by atoms with Gasteiger partial charge in [-0.1, -0.05) is 61.2 Å². The Morgan fingerprint density at radius 2 is 1.87 bits per heavy atom. The highest BCUT2D eigenvalue weighted by atomic mass is 35.5. The second-order valence-corrected chi connectivity index (χ2v) is 10.6. The summed E-state index contributed by atoms with van der Waals surface area (Å²) in [5.74, 6) is 1.43. The van der Waals surface area contributed by atoms with Crippen molar-refractivity contribution in [3.63, 3.8) is 0 Å². The summed E-state index contributed by atoms with van der Waals surface area (Å²) in [5, 5.41) is 10.5. The molecule has 1 saturated heterocycles. The molecule has 0 bridgehead atoms. The smallest absolute Gasteiger partial charge is 0.242 e. The Morgan fingerprint density at radius 3 is 2.55 bits per heavy atom. The maximum atomic E-state index is 13.0. The fourth-order valence-corrected chi connectivity index (χ4v) is 5.67. The van der Waals surface area contributed by atoms with Crippen LogP contribution in [0, 0.1) is 11.8 Å². The first-order valence-electron chi connectivity index (χ1n) is 10.8. The number of halogens is 1. The van der Waals surface area contributed by atoms with E-state index in [1.54, 1.807) is 12.1 Å². The van der Waals surface area contributed by atoms with E-state index in [2.05, 4.69) is 9.62 Å². The summed E-state index contributed by atoms with van der Waals surface area (Å²) in [6.07, 6.45) is 2.93. The first-order valence-corrected chi connectivity index (χ1v) is 12.6. The number of sulfonamides is 1. The molecule has 168 valence electrons. The SMILES string of the molecule is O=S(=O)(NCC(O)COCc1ccccc1)c1cc(Cl)ccc1N1CC(C2CCC2)C1. The molecule has 1 saturated carbocycles. The minimum absolute atomic E-state index is 0.0367. The Morgan fingerprint density at radius 1 is 1.13 bits per heavy atom. The number of hydrogen-bond donors (Lipinski definition) is 2. The van der Waals surface area contributed by atoms with Crippen molar-refractivity contribution >= 4 is 27.3 Å². The molecule has 0 radical (unpaired) electrons. The molecule has 0 spiro atoms. The van der Waals surface area contributed by atoms with Crippen molar-refractivity contribution in [1.29, 1.82) is 0 Å². The van der Waals surface area contributed by atoms with Crippen LogP contribution in [0.2, 0.25) is 5.02 Å². The summed E-state index contributed by atoms with van der Waals surface area (Å²) in [6, 6.07) is 14.6. The molecule has 2 aliphatic rings. The third-order valence-electron chi connectivity index (χ3n) is 6.21. The first kappa shape index (κ1) is 22.6. The lowest BCUT2D eigenvalue weighted by molar-refractivity contribution is 0.0312. The van der Waals surface area contributed by atoms with Crippen LogP contribution < -0.4 is 9.62 Å². The van der Waals surface area contributed by atoms with Gasteiger partial charge >= 0.3 is 0 Å². The van der Waals surface area contributed by atoms with E-state index in [0.29, 0.717) is 23.2 Å². The van der Waals surface area contributed by atoms with Crippen LogP contribution in [0.1, 0.15) is 24.8 Å². The van der Waals surface area contributed by atoms with Gasteiger partial charge in [0.25, 0.3) is 0 Å². The van der Waals surface area contributed by atoms with Crippen molar-refractivity contribution in [3.8, 4) is 0 Å². The van der Waals surface area contributed by atoms with E-state index in [0.717, 1.165) is 24.6 Å². The highest BCUT2D eigenvalue weighted by Gasteiger charge is 2.38. The monoisotopic (exact) mass is 464 g/mol. The molecule has 2 aromatic rings. The quantitative estimate of drug-likeness (QED) is 0.563. The zero-order valence-electron chi connectivity index (χ0n) is 17.4. The summed E-state index contributed by atoms with van der Waals surface area (Å²) in [6.45, 7) is 2.03. The number of aliphatic hydroxyl groups is 1. The molecule has 1 atom stereocenters. The lowest BCUT2D eigenvalue weighted by atomic mass is 9.72. The van der Waals surface area contributed by atoms with Gasteiger partial charge in [-0.25, -0.2) is 13.1 Å². The van der Waals surface area contributed by atoms with Gasteiger partial charge in [-0.3, -0.25) is 0 Å². The van der Waals surface area contributed by atoms with E-state index in [-0.39, 0.29) is 18.0 Å². The third-order valence-corrected chi connectivity index (χ3v) is 7.90. The van der Waals surface area contributed by atoms with Gasteiger partial charge in [-0.05, 0) is 35.6 Å². The molecular formula is C23H29ClN2O4S. The lowest BCUT2D eigenvalue weighted by Crippen LogP contribution is -2.52. The first-order chi connectivity index (χ1) is 14.9. The maximum Gasteiger partial charge on any atom is 0.242 e. The van der Waals surface area contributed by atoms with Gasteiger partial charge < -0.3 is 14.7 Å². The van der Waals surface area contributed by atoms with Gasteiger partial charge in [0.2, 0.25) is 10.0 Å². The highest BCUT2D eigenvalue weighted by molar-refractivity contribution is 7.89. The zero-order valence-corrected chi connectivity index (χ0v) is 19.0. The number of anilines is 1. The summed E-state index contributed by atoms with van der Waals surface area (Å²) >= 11 is 6.11. The molecule has 1 aliphatic carbocycles. The van der Waals surface area contributed by atoms with Crippen LogP contribution in [-0.2, 0) is 21.4 Å². The normalized spacial score (nSPS) is 18.5. The molecule has 0 aromatic heterocycles. The predicted molar refractivity (Wildman–Crippen MR) is 122 cm³/mol. The van der Waals surface area contributed by atoms with Crippen LogP contribution >= 0.6 is 11.6 Å². The summed E-state index contributed by atoms with van der Waals surface area (Å²) < 4.78 is 34.0. The van der Waals surface area contributed by atoms with Crippen LogP contribution in [0.25, 0.3) is 0 Å². The molecular weight excluding hydrogens is 436 g/mol. The Balaban J connectivity index is 1.33. The largest absolute Gasteiger partial charge is 0.389 e. The minimum Gasteiger partial charge on any atom is -0.389 e. The predicted octanol–water partition coefficient (Wildman–Crippen LogP) is 3.43. The van der Waals surface area contributed by atoms with Crippen molar-refractivity contribution in [3.05, 3.63) is 59.1 Å². The number of rotatable bonds is 10. The van der Waals surface area contributed by atoms with E-state index >= 15 is 0 Å². The summed E-state index contributed by atoms with van der Waals surface area (Å²) in [5.41, 5.74) is 1.66. The Hall–Kier alpha value is -1.64. The van der Waals surface area contributed by atoms with E-state index in [9.17, 15) is 13.5 Å². The molecule has 31 heavy (non-hydrogen) atoms. The topological polar surface area (TPSA) is 78.9 Å². The zero-order chi connectivity index (χ0) is 21.8. The average Bonchev–Trinajstić information content (AvgIpc) is 2.69. The van der Waals surface area contributed by atoms with Crippen molar-refractivity contribution < 1.29 is 18.3 Å². The Bertz CT molecular complexity index is 976. The number of nitrogens with one attached hydrogen (secondary N) is 1. The molecule has 4 rings (SSSR count). The summed E-state index contributed by atoms with van der Waals surface area (Å²) in [4.78, 5) is 2.26. The molecule has 1 aliphatic heterocycles. The van der Waals surface area contributed by atoms with Gasteiger partial charge in [0, 0.05) is 24.7 Å². The Labute approximate surface area is 189 Å². The van der Waals surface area contributed by atoms with Crippen molar-refractivity contribution in [2.45, 2.75) is 36.9 Å². The lowest BCUT2D eigenvalue weighted by Gasteiger charge is -2.48. The standard InChI is InChI=1S/C23H29ClN2O4S/c24-20-9-10-22(26-13-19(14-26)18-7-4-8-18)23(11-20)31(28,29)25-12-21(27)16-30-15-17-5-2-1-3-6-17/h1-3,5-6,9-11,18-19,21,25,27H,4,7-8,12-16H2. The molecule has 1 heterocycles. The minimum atomic E-state index is -3.83. The molecule has 6 nitrogen and oxygen atoms in total. The van der Waals surface area contributed by atoms with Crippen molar-refractivity contribution in [2.75, 3.05) is 31.1 Å². The number of hydrogen-bond acceptors (Lipinski definition) is 5. The van der Waals surface area contributed by atoms with Crippen LogP contribution in [0.4, 0.5) is 5.69 Å². The van der Waals surface area contributed by atoms with Gasteiger partial charge in [-0.15, -0.1) is 0 Å². The number of ether oxygens (including phenoxy) is 1. The van der Waals surface area contributed by atoms with Gasteiger partial charge in [-0.2, -0.15) is 0 Å². The van der Waals surface area contributed by atoms with E-state index < -0.39 is 16.1 Å².